The number of hydrogen-bond donors (Lipinski definition) is 3. The Hall–Kier alpha value is -1.74. The fourth-order valence-electron chi connectivity index (χ4n) is 2.76. The summed E-state index contributed by atoms with van der Waals surface area (Å²) in [4.78, 5) is 25.5. The lowest BCUT2D eigenvalue weighted by Gasteiger charge is -2.32. The Labute approximate surface area is 119 Å². The van der Waals surface area contributed by atoms with Crippen molar-refractivity contribution in [1.29, 1.82) is 0 Å². The number of aromatic nitrogens is 2. The summed E-state index contributed by atoms with van der Waals surface area (Å²) in [6, 6.07) is 0. The molecule has 1 aromatic rings. The van der Waals surface area contributed by atoms with Crippen molar-refractivity contribution in [2.45, 2.75) is 31.0 Å². The molecular weight excluding hydrogens is 280 g/mol. The largest absolute Gasteiger partial charge is 0.393 e. The maximum atomic E-state index is 11.9. The van der Waals surface area contributed by atoms with Crippen LogP contribution in [0.25, 0.3) is 0 Å². The lowest BCUT2D eigenvalue weighted by molar-refractivity contribution is -0.115. The highest BCUT2D eigenvalue weighted by Crippen LogP contribution is 2.40. The van der Waals surface area contributed by atoms with Gasteiger partial charge in [-0.15, -0.1) is 0 Å². The van der Waals surface area contributed by atoms with Gasteiger partial charge in [-0.1, -0.05) is 6.08 Å². The van der Waals surface area contributed by atoms with Crippen LogP contribution in [0.5, 0.6) is 0 Å². The molecule has 2 aliphatic rings. The Kier molecular flexibility index (Phi) is 3.33. The zero-order valence-corrected chi connectivity index (χ0v) is 11.4. The Morgan fingerprint density at radius 2 is 2.29 bits per heavy atom. The standard InChI is InChI=1S/C13H16N2O6/c1-7-5-15(12(19)14-10(7)18)11-8(17)9-13(6-16,21-11)3-2-4-20-9/h2-3,5,8-9,11,16-17H,4,6H2,1H3,(H,14,18,19)/t8-,9+,11-,13-/m1/s1. The van der Waals surface area contributed by atoms with Crippen LogP contribution in [0.4, 0.5) is 0 Å². The van der Waals surface area contributed by atoms with E-state index in [4.69, 9.17) is 9.47 Å². The Morgan fingerprint density at radius 1 is 1.52 bits per heavy atom. The maximum Gasteiger partial charge on any atom is 0.330 e. The highest BCUT2D eigenvalue weighted by molar-refractivity contribution is 5.17. The molecule has 0 bridgehead atoms. The van der Waals surface area contributed by atoms with Crippen LogP contribution in [-0.4, -0.2) is 50.8 Å². The number of nitrogens with zero attached hydrogens (tertiary/aromatic N) is 1. The minimum Gasteiger partial charge on any atom is -0.393 e. The molecule has 0 aromatic carbocycles. The monoisotopic (exact) mass is 296 g/mol. The molecule has 4 atom stereocenters. The maximum absolute atomic E-state index is 11.9. The number of H-pyrrole nitrogens is 1. The average Bonchev–Trinajstić information content (AvgIpc) is 2.77. The molecule has 114 valence electrons. The van der Waals surface area contributed by atoms with Gasteiger partial charge in [0.2, 0.25) is 0 Å². The normalized spacial score (nSPS) is 34.9. The lowest BCUT2D eigenvalue weighted by atomic mass is 9.93. The minimum absolute atomic E-state index is 0.291. The molecule has 0 spiro atoms. The molecule has 3 rings (SSSR count). The van der Waals surface area contributed by atoms with Crippen molar-refractivity contribution in [3.8, 4) is 0 Å². The predicted octanol–water partition coefficient (Wildman–Crippen LogP) is -1.58. The summed E-state index contributed by atoms with van der Waals surface area (Å²) < 4.78 is 12.3. The number of aliphatic hydroxyl groups excluding tert-OH is 2. The number of aliphatic hydroxyl groups is 2. The van der Waals surface area contributed by atoms with Gasteiger partial charge in [0.15, 0.2) is 6.23 Å². The third kappa shape index (κ3) is 2.07. The molecule has 8 heteroatoms. The number of aromatic amines is 1. The van der Waals surface area contributed by atoms with E-state index in [0.717, 1.165) is 4.57 Å². The molecule has 21 heavy (non-hydrogen) atoms. The summed E-state index contributed by atoms with van der Waals surface area (Å²) >= 11 is 0. The number of hydrogen-bond acceptors (Lipinski definition) is 6. The van der Waals surface area contributed by atoms with Gasteiger partial charge < -0.3 is 19.7 Å². The summed E-state index contributed by atoms with van der Waals surface area (Å²) in [6.45, 7) is 1.44. The van der Waals surface area contributed by atoms with E-state index in [0.29, 0.717) is 12.2 Å². The number of rotatable bonds is 2. The van der Waals surface area contributed by atoms with E-state index in [1.165, 1.54) is 6.20 Å². The van der Waals surface area contributed by atoms with Crippen molar-refractivity contribution in [2.75, 3.05) is 13.2 Å². The molecule has 0 unspecified atom stereocenters. The van der Waals surface area contributed by atoms with Gasteiger partial charge in [-0.05, 0) is 13.0 Å². The van der Waals surface area contributed by atoms with Gasteiger partial charge in [0.1, 0.15) is 17.8 Å². The fourth-order valence-corrected chi connectivity index (χ4v) is 2.76. The topological polar surface area (TPSA) is 114 Å². The van der Waals surface area contributed by atoms with Gasteiger partial charge in [-0.2, -0.15) is 0 Å². The second kappa shape index (κ2) is 4.92. The van der Waals surface area contributed by atoms with Crippen LogP contribution in [0, 0.1) is 6.92 Å². The van der Waals surface area contributed by atoms with E-state index in [-0.39, 0.29) is 0 Å². The fraction of sp³-hybridized carbons (Fsp3) is 0.538. The number of aryl methyl sites for hydroxylation is 1. The summed E-state index contributed by atoms with van der Waals surface area (Å²) in [5.74, 6) is 0. The number of nitrogens with one attached hydrogen (secondary N) is 1. The van der Waals surface area contributed by atoms with Crippen molar-refractivity contribution < 1.29 is 19.7 Å². The first-order valence-electron chi connectivity index (χ1n) is 6.56. The van der Waals surface area contributed by atoms with Crippen LogP contribution < -0.4 is 11.2 Å². The molecule has 0 aliphatic carbocycles. The number of fused-ring (bicyclic) bond motifs is 1. The zero-order chi connectivity index (χ0) is 15.2. The molecule has 8 nitrogen and oxygen atoms in total. The van der Waals surface area contributed by atoms with Crippen LogP contribution in [0.3, 0.4) is 0 Å². The summed E-state index contributed by atoms with van der Waals surface area (Å²) in [6.07, 6.45) is 1.66. The van der Waals surface area contributed by atoms with Gasteiger partial charge >= 0.3 is 5.69 Å². The van der Waals surface area contributed by atoms with E-state index in [9.17, 15) is 19.8 Å². The second-order valence-corrected chi connectivity index (χ2v) is 5.25. The summed E-state index contributed by atoms with van der Waals surface area (Å²) in [7, 11) is 0. The van der Waals surface area contributed by atoms with Gasteiger partial charge in [-0.3, -0.25) is 14.3 Å². The van der Waals surface area contributed by atoms with Crippen molar-refractivity contribution >= 4 is 0 Å². The first kappa shape index (κ1) is 14.2. The minimum atomic E-state index is -1.19. The van der Waals surface area contributed by atoms with E-state index in [1.807, 2.05) is 0 Å². The van der Waals surface area contributed by atoms with E-state index in [1.54, 1.807) is 19.1 Å². The van der Waals surface area contributed by atoms with Crippen LogP contribution >= 0.6 is 0 Å². The van der Waals surface area contributed by atoms with Crippen molar-refractivity contribution in [2.24, 2.45) is 0 Å². The SMILES string of the molecule is Cc1cn([C@@H]2O[C@@]3(CO)C=CCO[C@H]3[C@H]2O)c(=O)[nH]c1=O. The Balaban J connectivity index is 2.05. The van der Waals surface area contributed by atoms with Crippen molar-refractivity contribution in [1.82, 2.24) is 9.55 Å². The van der Waals surface area contributed by atoms with E-state index in [2.05, 4.69) is 4.98 Å². The molecular formula is C13H16N2O6. The first-order valence-corrected chi connectivity index (χ1v) is 6.56. The zero-order valence-electron chi connectivity index (χ0n) is 11.4. The van der Waals surface area contributed by atoms with Crippen molar-refractivity contribution in [3.05, 3.63) is 44.8 Å². The number of ether oxygens (including phenoxy) is 2. The first-order chi connectivity index (χ1) is 9.98. The smallest absolute Gasteiger partial charge is 0.330 e. The quantitative estimate of drug-likeness (QED) is 0.568. The third-order valence-electron chi connectivity index (χ3n) is 3.86. The van der Waals surface area contributed by atoms with Crippen LogP contribution in [0.1, 0.15) is 11.8 Å². The Bertz CT molecular complexity index is 693. The third-order valence-corrected chi connectivity index (χ3v) is 3.86. The predicted molar refractivity (Wildman–Crippen MR) is 70.9 cm³/mol. The Morgan fingerprint density at radius 3 is 2.95 bits per heavy atom. The highest BCUT2D eigenvalue weighted by Gasteiger charge is 2.55. The van der Waals surface area contributed by atoms with Crippen LogP contribution in [0.2, 0.25) is 0 Å². The van der Waals surface area contributed by atoms with Crippen molar-refractivity contribution in [3.63, 3.8) is 0 Å². The average molecular weight is 296 g/mol. The summed E-state index contributed by atoms with van der Waals surface area (Å²) in [5, 5.41) is 20.0. The molecule has 3 N–H and O–H groups in total. The lowest BCUT2D eigenvalue weighted by Crippen LogP contribution is -2.48. The molecule has 1 aromatic heterocycles. The molecule has 0 radical (unpaired) electrons. The van der Waals surface area contributed by atoms with Gasteiger partial charge in [-0.25, -0.2) is 4.79 Å². The molecule has 0 amide bonds. The van der Waals surface area contributed by atoms with Gasteiger partial charge in [0, 0.05) is 11.8 Å². The molecule has 2 aliphatic heterocycles. The van der Waals surface area contributed by atoms with E-state index < -0.39 is 41.9 Å². The van der Waals surface area contributed by atoms with E-state index >= 15 is 0 Å². The molecule has 3 heterocycles. The van der Waals surface area contributed by atoms with Gasteiger partial charge in [0.05, 0.1) is 13.2 Å². The van der Waals surface area contributed by atoms with Gasteiger partial charge in [0.25, 0.3) is 5.56 Å². The molecule has 0 saturated carbocycles. The molecule has 1 fully saturated rings. The summed E-state index contributed by atoms with van der Waals surface area (Å²) in [5.41, 5.74) is -2.06. The highest BCUT2D eigenvalue weighted by atomic mass is 16.6. The van der Waals surface area contributed by atoms with Crippen LogP contribution in [-0.2, 0) is 9.47 Å². The second-order valence-electron chi connectivity index (χ2n) is 5.25. The van der Waals surface area contributed by atoms with Crippen LogP contribution in [0.15, 0.2) is 27.9 Å². The molecule has 1 saturated heterocycles.